The highest BCUT2D eigenvalue weighted by Crippen LogP contribution is 2.49. The van der Waals surface area contributed by atoms with E-state index in [1.165, 1.54) is 55.9 Å². The lowest BCUT2D eigenvalue weighted by Crippen LogP contribution is -2.20. The van der Waals surface area contributed by atoms with Crippen molar-refractivity contribution in [3.63, 3.8) is 0 Å². The van der Waals surface area contributed by atoms with Gasteiger partial charge in [-0.1, -0.05) is 157 Å². The van der Waals surface area contributed by atoms with Crippen LogP contribution in [-0.2, 0) is 10.8 Å². The quantitative estimate of drug-likeness (QED) is 0.121. The summed E-state index contributed by atoms with van der Waals surface area (Å²) in [6, 6.07) is 75.9. The molecule has 0 atom stereocenters. The molecular formula is C68H70N4. The highest BCUT2D eigenvalue weighted by Gasteiger charge is 2.28. The SMILES string of the molecule is Cc1ccccc1N(c1cccc(N(c2cc(N(c3ccccc3)c3c(C)cccc3C)cc(C(C)(C)C)c2)c2ccccc2C)c1)c1cc(N(c2ccccc2)c2c(C)cccc2C)cc(C(C)(C)C)c1. The average molecular weight is 943 g/mol. The zero-order valence-electron chi connectivity index (χ0n) is 44.4. The van der Waals surface area contributed by atoms with Crippen LogP contribution in [0.1, 0.15) is 86.1 Å². The maximum absolute atomic E-state index is 2.47. The molecule has 0 amide bonds. The summed E-state index contributed by atoms with van der Waals surface area (Å²) in [5.74, 6) is 0. The molecule has 0 saturated carbocycles. The first kappa shape index (κ1) is 49.2. The molecule has 0 fully saturated rings. The van der Waals surface area contributed by atoms with Crippen LogP contribution in [0, 0.1) is 41.5 Å². The summed E-state index contributed by atoms with van der Waals surface area (Å²) in [6.45, 7) is 27.3. The monoisotopic (exact) mass is 943 g/mol. The molecular weight excluding hydrogens is 873 g/mol. The molecule has 9 aromatic rings. The second kappa shape index (κ2) is 20.1. The van der Waals surface area contributed by atoms with Gasteiger partial charge in [0.25, 0.3) is 0 Å². The lowest BCUT2D eigenvalue weighted by atomic mass is 9.86. The summed E-state index contributed by atoms with van der Waals surface area (Å²) < 4.78 is 0. The second-order valence-electron chi connectivity index (χ2n) is 21.6. The molecule has 0 heterocycles. The number of para-hydroxylation sites is 6. The maximum Gasteiger partial charge on any atom is 0.0519 e. The molecule has 0 spiro atoms. The maximum atomic E-state index is 2.47. The minimum Gasteiger partial charge on any atom is -0.310 e. The van der Waals surface area contributed by atoms with E-state index in [-0.39, 0.29) is 10.8 Å². The highest BCUT2D eigenvalue weighted by molar-refractivity contribution is 5.90. The lowest BCUT2D eigenvalue weighted by Gasteiger charge is -2.35. The van der Waals surface area contributed by atoms with Crippen LogP contribution < -0.4 is 19.6 Å². The molecule has 4 heteroatoms. The van der Waals surface area contributed by atoms with Crippen molar-refractivity contribution >= 4 is 68.2 Å². The largest absolute Gasteiger partial charge is 0.310 e. The number of nitrogens with zero attached hydrogens (tertiary/aromatic N) is 4. The van der Waals surface area contributed by atoms with Gasteiger partial charge in [-0.2, -0.15) is 0 Å². The summed E-state index contributed by atoms with van der Waals surface area (Å²) in [6.07, 6.45) is 0. The normalized spacial score (nSPS) is 11.6. The molecule has 72 heavy (non-hydrogen) atoms. The molecule has 0 N–H and O–H groups in total. The molecule has 0 unspecified atom stereocenters. The van der Waals surface area contributed by atoms with Crippen LogP contribution in [0.2, 0.25) is 0 Å². The van der Waals surface area contributed by atoms with Gasteiger partial charge < -0.3 is 19.6 Å². The van der Waals surface area contributed by atoms with Crippen molar-refractivity contribution in [2.75, 3.05) is 19.6 Å². The van der Waals surface area contributed by atoms with Crippen molar-refractivity contribution in [3.05, 3.63) is 251 Å². The van der Waals surface area contributed by atoms with Crippen molar-refractivity contribution < 1.29 is 0 Å². The topological polar surface area (TPSA) is 13.0 Å². The number of aryl methyl sites for hydroxylation is 6. The predicted molar refractivity (Wildman–Crippen MR) is 311 cm³/mol. The van der Waals surface area contributed by atoms with E-state index in [2.05, 4.69) is 309 Å². The molecule has 0 aliphatic heterocycles. The lowest BCUT2D eigenvalue weighted by molar-refractivity contribution is 0.590. The van der Waals surface area contributed by atoms with E-state index in [1.807, 2.05) is 0 Å². The first-order chi connectivity index (χ1) is 34.5. The fourth-order valence-electron chi connectivity index (χ4n) is 10.1. The molecule has 0 aliphatic carbocycles. The van der Waals surface area contributed by atoms with Crippen LogP contribution in [0.5, 0.6) is 0 Å². The van der Waals surface area contributed by atoms with Crippen molar-refractivity contribution in [1.29, 1.82) is 0 Å². The summed E-state index contributed by atoms with van der Waals surface area (Å²) in [7, 11) is 0. The van der Waals surface area contributed by atoms with Crippen LogP contribution in [0.15, 0.2) is 206 Å². The summed E-state index contributed by atoms with van der Waals surface area (Å²) in [5.41, 5.74) is 22.8. The van der Waals surface area contributed by atoms with Gasteiger partial charge >= 0.3 is 0 Å². The van der Waals surface area contributed by atoms with Crippen molar-refractivity contribution in [1.82, 2.24) is 0 Å². The molecule has 9 aromatic carbocycles. The van der Waals surface area contributed by atoms with Gasteiger partial charge in [0.2, 0.25) is 0 Å². The Morgan fingerprint density at radius 1 is 0.236 bits per heavy atom. The fourth-order valence-corrected chi connectivity index (χ4v) is 10.1. The molecule has 9 rings (SSSR count). The van der Waals surface area contributed by atoms with Gasteiger partial charge in [0.05, 0.1) is 11.4 Å². The summed E-state index contributed by atoms with van der Waals surface area (Å²) in [5, 5.41) is 0. The molecule has 0 aromatic heterocycles. The Balaban J connectivity index is 1.30. The molecule has 4 nitrogen and oxygen atoms in total. The fraction of sp³-hybridized carbons (Fsp3) is 0.206. The predicted octanol–water partition coefficient (Wildman–Crippen LogP) is 20.0. The van der Waals surface area contributed by atoms with E-state index in [1.54, 1.807) is 0 Å². The first-order valence-corrected chi connectivity index (χ1v) is 25.4. The van der Waals surface area contributed by atoms with Gasteiger partial charge in [0.15, 0.2) is 0 Å². The van der Waals surface area contributed by atoms with Crippen molar-refractivity contribution in [2.24, 2.45) is 0 Å². The number of rotatable bonds is 12. The third-order valence-electron chi connectivity index (χ3n) is 14.0. The number of benzene rings is 9. The third-order valence-corrected chi connectivity index (χ3v) is 14.0. The number of anilines is 12. The molecule has 0 saturated heterocycles. The third kappa shape index (κ3) is 10.0. The van der Waals surface area contributed by atoms with E-state index in [0.717, 1.165) is 56.9 Å². The molecule has 0 aliphatic rings. The van der Waals surface area contributed by atoms with Gasteiger partial charge in [-0.3, -0.25) is 0 Å². The van der Waals surface area contributed by atoms with Crippen molar-refractivity contribution in [3.8, 4) is 0 Å². The minimum atomic E-state index is -0.158. The Morgan fingerprint density at radius 2 is 0.500 bits per heavy atom. The summed E-state index contributed by atoms with van der Waals surface area (Å²) in [4.78, 5) is 9.84. The van der Waals surface area contributed by atoms with Gasteiger partial charge in [-0.05, 0) is 188 Å². The number of hydrogen-bond donors (Lipinski definition) is 0. The van der Waals surface area contributed by atoms with Gasteiger partial charge in [0, 0.05) is 56.9 Å². The Morgan fingerprint density at radius 3 is 0.833 bits per heavy atom. The molecule has 0 bridgehead atoms. The van der Waals surface area contributed by atoms with Crippen LogP contribution in [0.4, 0.5) is 68.2 Å². The molecule has 362 valence electrons. The standard InChI is InChI=1S/C68H70N4/c1-47-26-19-21-38-63(47)69(59-40-53(67(7,8)9)42-61(45-59)71(55-32-15-13-16-33-55)65-49(3)28-23-29-50(65)4)57-36-25-37-58(44-57)70(64-39-22-20-27-48(64)2)60-41-54(68(10,11)12)43-62(46-60)72(56-34-17-14-18-35-56)66-51(5)30-24-31-52(66)6/h13-46H,1-12H3. The average Bonchev–Trinajstić information content (AvgIpc) is 3.35. The van der Waals surface area contributed by atoms with Crippen LogP contribution in [0.25, 0.3) is 0 Å². The Bertz CT molecular complexity index is 3090. The number of hydrogen-bond acceptors (Lipinski definition) is 4. The Hall–Kier alpha value is -7.82. The highest BCUT2D eigenvalue weighted by atomic mass is 15.2. The Labute approximate surface area is 430 Å². The zero-order chi connectivity index (χ0) is 50.9. The Kier molecular flexibility index (Phi) is 13.7. The van der Waals surface area contributed by atoms with E-state index in [4.69, 9.17) is 0 Å². The van der Waals surface area contributed by atoms with Crippen LogP contribution in [0.3, 0.4) is 0 Å². The van der Waals surface area contributed by atoms with Crippen LogP contribution in [-0.4, -0.2) is 0 Å². The molecule has 0 radical (unpaired) electrons. The van der Waals surface area contributed by atoms with E-state index in [0.29, 0.717) is 0 Å². The van der Waals surface area contributed by atoms with E-state index < -0.39 is 0 Å². The minimum absolute atomic E-state index is 0.158. The zero-order valence-corrected chi connectivity index (χ0v) is 44.4. The summed E-state index contributed by atoms with van der Waals surface area (Å²) >= 11 is 0. The second-order valence-corrected chi connectivity index (χ2v) is 21.6. The van der Waals surface area contributed by atoms with Gasteiger partial charge in [0.1, 0.15) is 0 Å². The van der Waals surface area contributed by atoms with Gasteiger partial charge in [-0.25, -0.2) is 0 Å². The first-order valence-electron chi connectivity index (χ1n) is 25.4. The van der Waals surface area contributed by atoms with Crippen LogP contribution >= 0.6 is 0 Å². The van der Waals surface area contributed by atoms with Gasteiger partial charge in [-0.15, -0.1) is 0 Å². The van der Waals surface area contributed by atoms with E-state index >= 15 is 0 Å². The smallest absolute Gasteiger partial charge is 0.0519 e. The van der Waals surface area contributed by atoms with Crippen molar-refractivity contribution in [2.45, 2.75) is 93.9 Å². The van der Waals surface area contributed by atoms with E-state index in [9.17, 15) is 0 Å².